The second kappa shape index (κ2) is 11.4. The summed E-state index contributed by atoms with van der Waals surface area (Å²) in [6, 6.07) is 18.1. The lowest BCUT2D eigenvalue weighted by molar-refractivity contribution is 0.0955. The SMILES string of the molecule is CCOc1ccc(S(=O)(=O)Nc2ccccc2C(=O)NCCc2ccc(OC)c(OC)c2)cc1. The maximum Gasteiger partial charge on any atom is 0.261 e. The third-order valence-corrected chi connectivity index (χ3v) is 6.39. The predicted octanol–water partition coefficient (Wildman–Crippen LogP) is 3.88. The number of nitrogens with one attached hydrogen (secondary N) is 2. The van der Waals surface area contributed by atoms with Crippen LogP contribution in [0.1, 0.15) is 22.8 Å². The molecule has 0 aromatic heterocycles. The van der Waals surface area contributed by atoms with Gasteiger partial charge in [0.1, 0.15) is 5.75 Å². The smallest absolute Gasteiger partial charge is 0.261 e. The molecule has 0 aliphatic heterocycles. The number of hydrogen-bond donors (Lipinski definition) is 2. The fourth-order valence-corrected chi connectivity index (χ4v) is 4.39. The molecule has 3 rings (SSSR count). The van der Waals surface area contributed by atoms with Gasteiger partial charge in [-0.15, -0.1) is 0 Å². The van der Waals surface area contributed by atoms with Crippen LogP contribution in [-0.2, 0) is 16.4 Å². The minimum Gasteiger partial charge on any atom is -0.494 e. The van der Waals surface area contributed by atoms with Crippen molar-refractivity contribution < 1.29 is 27.4 Å². The molecule has 9 heteroatoms. The first-order valence-electron chi connectivity index (χ1n) is 10.7. The quantitative estimate of drug-likeness (QED) is 0.428. The van der Waals surface area contributed by atoms with E-state index in [1.165, 1.54) is 12.1 Å². The second-order valence-electron chi connectivity index (χ2n) is 7.25. The zero-order chi connectivity index (χ0) is 24.6. The number of rotatable bonds is 11. The molecule has 1 amide bonds. The van der Waals surface area contributed by atoms with E-state index in [-0.39, 0.29) is 22.1 Å². The standard InChI is InChI=1S/C25H28N2O6S/c1-4-33-19-10-12-20(13-11-19)34(29,30)27-22-8-6-5-7-21(22)25(28)26-16-15-18-9-14-23(31-2)24(17-18)32-3/h5-14,17,27H,4,15-16H2,1-3H3,(H,26,28). The molecule has 3 aromatic carbocycles. The Labute approximate surface area is 199 Å². The van der Waals surface area contributed by atoms with E-state index in [0.717, 1.165) is 5.56 Å². The molecule has 0 aliphatic rings. The first-order chi connectivity index (χ1) is 16.4. The monoisotopic (exact) mass is 484 g/mol. The molecule has 0 unspecified atom stereocenters. The topological polar surface area (TPSA) is 103 Å². The normalized spacial score (nSPS) is 10.9. The lowest BCUT2D eigenvalue weighted by atomic mass is 10.1. The van der Waals surface area contributed by atoms with Crippen LogP contribution in [0.4, 0.5) is 5.69 Å². The number of amides is 1. The van der Waals surface area contributed by atoms with Gasteiger partial charge >= 0.3 is 0 Å². The molecular formula is C25H28N2O6S. The minimum atomic E-state index is -3.89. The second-order valence-corrected chi connectivity index (χ2v) is 8.93. The molecule has 0 atom stereocenters. The molecule has 0 fully saturated rings. The van der Waals surface area contributed by atoms with E-state index in [2.05, 4.69) is 10.0 Å². The number of carbonyl (C=O) groups is 1. The molecule has 180 valence electrons. The third-order valence-electron chi connectivity index (χ3n) is 5.01. The van der Waals surface area contributed by atoms with Crippen LogP contribution in [0.25, 0.3) is 0 Å². The Morgan fingerprint density at radius 1 is 0.912 bits per heavy atom. The molecule has 3 aromatic rings. The van der Waals surface area contributed by atoms with E-state index in [4.69, 9.17) is 14.2 Å². The molecule has 0 saturated carbocycles. The largest absolute Gasteiger partial charge is 0.494 e. The molecule has 8 nitrogen and oxygen atoms in total. The van der Waals surface area contributed by atoms with E-state index < -0.39 is 10.0 Å². The molecule has 0 radical (unpaired) electrons. The summed E-state index contributed by atoms with van der Waals surface area (Å²) in [6.07, 6.45) is 0.562. The van der Waals surface area contributed by atoms with Crippen molar-refractivity contribution in [1.82, 2.24) is 5.32 Å². The van der Waals surface area contributed by atoms with Gasteiger partial charge in [-0.25, -0.2) is 8.42 Å². The van der Waals surface area contributed by atoms with Crippen molar-refractivity contribution >= 4 is 21.6 Å². The average molecular weight is 485 g/mol. The highest BCUT2D eigenvalue weighted by Gasteiger charge is 2.18. The van der Waals surface area contributed by atoms with E-state index in [1.807, 2.05) is 19.1 Å². The Hall–Kier alpha value is -3.72. The number of ether oxygens (including phenoxy) is 3. The van der Waals surface area contributed by atoms with Gasteiger partial charge < -0.3 is 19.5 Å². The van der Waals surface area contributed by atoms with E-state index in [0.29, 0.717) is 36.8 Å². The van der Waals surface area contributed by atoms with E-state index >= 15 is 0 Å². The van der Waals surface area contributed by atoms with Gasteiger partial charge in [-0.05, 0) is 67.4 Å². The summed E-state index contributed by atoms with van der Waals surface area (Å²) in [5.41, 5.74) is 1.38. The number of para-hydroxylation sites is 1. The van der Waals surface area contributed by atoms with Gasteiger partial charge in [0.2, 0.25) is 0 Å². The fraction of sp³-hybridized carbons (Fsp3) is 0.240. The summed E-state index contributed by atoms with van der Waals surface area (Å²) in [6.45, 7) is 2.69. The Morgan fingerprint density at radius 3 is 2.29 bits per heavy atom. The van der Waals surface area contributed by atoms with Gasteiger partial charge in [0.25, 0.3) is 15.9 Å². The highest BCUT2D eigenvalue weighted by Crippen LogP contribution is 2.27. The minimum absolute atomic E-state index is 0.0691. The van der Waals surface area contributed by atoms with Gasteiger partial charge in [-0.1, -0.05) is 18.2 Å². The van der Waals surface area contributed by atoms with Gasteiger partial charge in [0.05, 0.1) is 37.0 Å². The molecular weight excluding hydrogens is 456 g/mol. The van der Waals surface area contributed by atoms with Crippen LogP contribution < -0.4 is 24.2 Å². The molecule has 0 bridgehead atoms. The lowest BCUT2D eigenvalue weighted by Crippen LogP contribution is -2.27. The molecule has 0 aliphatic carbocycles. The van der Waals surface area contributed by atoms with Gasteiger partial charge in [-0.2, -0.15) is 0 Å². The number of sulfonamides is 1. The fourth-order valence-electron chi connectivity index (χ4n) is 3.31. The summed E-state index contributed by atoms with van der Waals surface area (Å²) >= 11 is 0. The van der Waals surface area contributed by atoms with E-state index in [1.54, 1.807) is 56.7 Å². The van der Waals surface area contributed by atoms with Crippen molar-refractivity contribution in [2.45, 2.75) is 18.2 Å². The Kier molecular flexibility index (Phi) is 8.37. The Balaban J connectivity index is 1.68. The van der Waals surface area contributed by atoms with Crippen LogP contribution in [0.15, 0.2) is 71.6 Å². The zero-order valence-corrected chi connectivity index (χ0v) is 20.1. The van der Waals surface area contributed by atoms with Crippen molar-refractivity contribution in [1.29, 1.82) is 0 Å². The number of benzene rings is 3. The zero-order valence-electron chi connectivity index (χ0n) is 19.3. The maximum absolute atomic E-state index is 12.9. The summed E-state index contributed by atoms with van der Waals surface area (Å²) in [5, 5.41) is 2.84. The van der Waals surface area contributed by atoms with Gasteiger partial charge in [0, 0.05) is 6.54 Å². The number of carbonyl (C=O) groups excluding carboxylic acids is 1. The Morgan fingerprint density at radius 2 is 1.62 bits per heavy atom. The van der Waals surface area contributed by atoms with Crippen LogP contribution >= 0.6 is 0 Å². The average Bonchev–Trinajstić information content (AvgIpc) is 2.84. The highest BCUT2D eigenvalue weighted by atomic mass is 32.2. The lowest BCUT2D eigenvalue weighted by Gasteiger charge is -2.13. The molecule has 0 spiro atoms. The maximum atomic E-state index is 12.9. The first-order valence-corrected chi connectivity index (χ1v) is 12.2. The molecule has 2 N–H and O–H groups in total. The summed E-state index contributed by atoms with van der Waals surface area (Å²) in [5.74, 6) is 1.44. The molecule has 0 heterocycles. The number of methoxy groups -OCH3 is 2. The van der Waals surface area contributed by atoms with Crippen LogP contribution in [0.5, 0.6) is 17.2 Å². The first kappa shape index (κ1) is 24.9. The summed E-state index contributed by atoms with van der Waals surface area (Å²) < 4.78 is 44.1. The predicted molar refractivity (Wildman–Crippen MR) is 130 cm³/mol. The van der Waals surface area contributed by atoms with Crippen molar-refractivity contribution in [3.63, 3.8) is 0 Å². The van der Waals surface area contributed by atoms with Crippen LogP contribution in [0.3, 0.4) is 0 Å². The molecule has 0 saturated heterocycles. The summed E-state index contributed by atoms with van der Waals surface area (Å²) in [7, 11) is -0.757. The third kappa shape index (κ3) is 6.20. The van der Waals surface area contributed by atoms with Crippen LogP contribution in [0.2, 0.25) is 0 Å². The number of anilines is 1. The molecule has 34 heavy (non-hydrogen) atoms. The Bertz CT molecular complexity index is 1230. The van der Waals surface area contributed by atoms with Gasteiger partial charge in [-0.3, -0.25) is 9.52 Å². The van der Waals surface area contributed by atoms with Crippen molar-refractivity contribution in [2.75, 3.05) is 32.1 Å². The highest BCUT2D eigenvalue weighted by molar-refractivity contribution is 7.92. The summed E-state index contributed by atoms with van der Waals surface area (Å²) in [4.78, 5) is 12.9. The van der Waals surface area contributed by atoms with E-state index in [9.17, 15) is 13.2 Å². The van der Waals surface area contributed by atoms with Crippen molar-refractivity contribution in [2.24, 2.45) is 0 Å². The van der Waals surface area contributed by atoms with Crippen LogP contribution in [0, 0.1) is 0 Å². The number of hydrogen-bond acceptors (Lipinski definition) is 6. The van der Waals surface area contributed by atoms with Gasteiger partial charge in [0.15, 0.2) is 11.5 Å². The van der Waals surface area contributed by atoms with Crippen LogP contribution in [-0.4, -0.2) is 41.7 Å². The van der Waals surface area contributed by atoms with Crippen molar-refractivity contribution in [3.05, 3.63) is 77.9 Å². The van der Waals surface area contributed by atoms with Crippen molar-refractivity contribution in [3.8, 4) is 17.2 Å².